The molecule has 0 aromatic heterocycles. The molecule has 0 saturated carbocycles. The Kier molecular flexibility index (Phi) is 5.41. The lowest BCUT2D eigenvalue weighted by atomic mass is 10.2. The van der Waals surface area contributed by atoms with Crippen molar-refractivity contribution >= 4 is 0 Å². The van der Waals surface area contributed by atoms with Crippen LogP contribution in [-0.2, 0) is 18.9 Å². The lowest BCUT2D eigenvalue weighted by Crippen LogP contribution is -2.48. The van der Waals surface area contributed by atoms with E-state index in [4.69, 9.17) is 18.9 Å². The van der Waals surface area contributed by atoms with Crippen LogP contribution in [-0.4, -0.2) is 40.5 Å². The molecule has 0 fully saturated rings. The van der Waals surface area contributed by atoms with Crippen molar-refractivity contribution in [2.45, 2.75) is 25.4 Å². The predicted octanol–water partition coefficient (Wildman–Crippen LogP) is 1.00. The molecule has 12 heavy (non-hydrogen) atoms. The molecule has 0 aliphatic heterocycles. The SMILES string of the molecule is CCC(OC)C(OC)(OC)OC. The average molecular weight is 178 g/mol. The molecule has 0 spiro atoms. The zero-order chi connectivity index (χ0) is 9.61. The Balaban J connectivity index is 4.42. The summed E-state index contributed by atoms with van der Waals surface area (Å²) in [4.78, 5) is 0. The van der Waals surface area contributed by atoms with Crippen molar-refractivity contribution in [1.82, 2.24) is 0 Å². The van der Waals surface area contributed by atoms with Crippen LogP contribution in [0.3, 0.4) is 0 Å². The molecule has 0 aliphatic carbocycles. The van der Waals surface area contributed by atoms with Gasteiger partial charge in [-0.05, 0) is 6.42 Å². The number of rotatable bonds is 6. The highest BCUT2D eigenvalue weighted by Gasteiger charge is 2.39. The third-order valence-electron chi connectivity index (χ3n) is 1.90. The first kappa shape index (κ1) is 11.8. The lowest BCUT2D eigenvalue weighted by Gasteiger charge is -2.34. The minimum absolute atomic E-state index is 0.225. The zero-order valence-electron chi connectivity index (χ0n) is 8.42. The number of ether oxygens (including phenoxy) is 4. The number of hydrogen-bond donors (Lipinski definition) is 0. The van der Waals surface area contributed by atoms with Crippen molar-refractivity contribution in [1.29, 1.82) is 0 Å². The van der Waals surface area contributed by atoms with Gasteiger partial charge in [-0.2, -0.15) is 0 Å². The van der Waals surface area contributed by atoms with Crippen LogP contribution in [0.1, 0.15) is 13.3 Å². The van der Waals surface area contributed by atoms with Gasteiger partial charge in [0.1, 0.15) is 6.10 Å². The van der Waals surface area contributed by atoms with Gasteiger partial charge in [0.2, 0.25) is 0 Å². The highest BCUT2D eigenvalue weighted by Crippen LogP contribution is 2.21. The fourth-order valence-corrected chi connectivity index (χ4v) is 1.21. The molecule has 0 radical (unpaired) electrons. The summed E-state index contributed by atoms with van der Waals surface area (Å²) in [6, 6.07) is 0. The molecule has 4 nitrogen and oxygen atoms in total. The predicted molar refractivity (Wildman–Crippen MR) is 44.8 cm³/mol. The van der Waals surface area contributed by atoms with Crippen LogP contribution in [0.5, 0.6) is 0 Å². The van der Waals surface area contributed by atoms with E-state index in [-0.39, 0.29) is 6.10 Å². The normalized spacial score (nSPS) is 14.8. The molecule has 0 N–H and O–H groups in total. The van der Waals surface area contributed by atoms with Gasteiger partial charge in [0.05, 0.1) is 0 Å². The molecule has 0 heterocycles. The van der Waals surface area contributed by atoms with Crippen molar-refractivity contribution in [2.75, 3.05) is 28.4 Å². The van der Waals surface area contributed by atoms with Crippen LogP contribution in [0, 0.1) is 0 Å². The highest BCUT2D eigenvalue weighted by atomic mass is 16.9. The van der Waals surface area contributed by atoms with E-state index in [1.54, 1.807) is 7.11 Å². The molecule has 0 saturated heterocycles. The fourth-order valence-electron chi connectivity index (χ4n) is 1.21. The molecule has 0 amide bonds. The Hall–Kier alpha value is -0.160. The van der Waals surface area contributed by atoms with Gasteiger partial charge in [-0.25, -0.2) is 0 Å². The summed E-state index contributed by atoms with van der Waals surface area (Å²) in [5, 5.41) is 0. The largest absolute Gasteiger partial charge is 0.373 e. The third-order valence-corrected chi connectivity index (χ3v) is 1.90. The number of hydrogen-bond acceptors (Lipinski definition) is 4. The molecule has 0 bridgehead atoms. The van der Waals surface area contributed by atoms with Crippen LogP contribution in [0.15, 0.2) is 0 Å². The molecule has 1 unspecified atom stereocenters. The molecule has 4 heteroatoms. The third kappa shape index (κ3) is 2.17. The van der Waals surface area contributed by atoms with Crippen LogP contribution in [0.25, 0.3) is 0 Å². The van der Waals surface area contributed by atoms with Crippen molar-refractivity contribution in [3.63, 3.8) is 0 Å². The summed E-state index contributed by atoms with van der Waals surface area (Å²) in [6.45, 7) is 1.97. The highest BCUT2D eigenvalue weighted by molar-refractivity contribution is 4.68. The molecule has 0 aromatic carbocycles. The van der Waals surface area contributed by atoms with Crippen molar-refractivity contribution in [2.24, 2.45) is 0 Å². The van der Waals surface area contributed by atoms with E-state index in [0.717, 1.165) is 6.42 Å². The van der Waals surface area contributed by atoms with E-state index < -0.39 is 5.97 Å². The topological polar surface area (TPSA) is 36.9 Å². The Labute approximate surface area is 73.7 Å². The lowest BCUT2D eigenvalue weighted by molar-refractivity contribution is -0.391. The van der Waals surface area contributed by atoms with Gasteiger partial charge in [-0.1, -0.05) is 6.92 Å². The minimum atomic E-state index is -1.08. The van der Waals surface area contributed by atoms with Crippen LogP contribution in [0.2, 0.25) is 0 Å². The second kappa shape index (κ2) is 5.48. The van der Waals surface area contributed by atoms with Crippen molar-refractivity contribution in [3.05, 3.63) is 0 Å². The first-order valence-corrected chi connectivity index (χ1v) is 3.89. The van der Waals surface area contributed by atoms with E-state index in [1.165, 1.54) is 21.3 Å². The van der Waals surface area contributed by atoms with E-state index in [0.29, 0.717) is 0 Å². The van der Waals surface area contributed by atoms with E-state index >= 15 is 0 Å². The molecule has 1 atom stereocenters. The molecule has 0 aromatic rings. The molecule has 74 valence electrons. The van der Waals surface area contributed by atoms with Gasteiger partial charge in [-0.3, -0.25) is 0 Å². The molecular formula is C8H18O4. The number of methoxy groups -OCH3 is 4. The molecule has 0 aliphatic rings. The Morgan fingerprint density at radius 3 is 1.50 bits per heavy atom. The van der Waals surface area contributed by atoms with Crippen LogP contribution in [0.4, 0.5) is 0 Å². The quantitative estimate of drug-likeness (QED) is 0.569. The van der Waals surface area contributed by atoms with Gasteiger partial charge in [0.25, 0.3) is 0 Å². The van der Waals surface area contributed by atoms with Crippen LogP contribution < -0.4 is 0 Å². The van der Waals surface area contributed by atoms with Crippen LogP contribution >= 0.6 is 0 Å². The summed E-state index contributed by atoms with van der Waals surface area (Å²) in [6.07, 6.45) is 0.531. The first-order valence-electron chi connectivity index (χ1n) is 3.89. The van der Waals surface area contributed by atoms with Gasteiger partial charge in [0, 0.05) is 28.4 Å². The Bertz CT molecular complexity index is 99.4. The van der Waals surface area contributed by atoms with Gasteiger partial charge in [0.15, 0.2) is 0 Å². The fraction of sp³-hybridized carbons (Fsp3) is 1.00. The van der Waals surface area contributed by atoms with E-state index in [2.05, 4.69) is 0 Å². The Morgan fingerprint density at radius 2 is 1.42 bits per heavy atom. The van der Waals surface area contributed by atoms with Gasteiger partial charge < -0.3 is 18.9 Å². The summed E-state index contributed by atoms with van der Waals surface area (Å²) in [5.74, 6) is -1.08. The Morgan fingerprint density at radius 1 is 1.00 bits per heavy atom. The summed E-state index contributed by atoms with van der Waals surface area (Å²) in [7, 11) is 6.16. The minimum Gasteiger partial charge on any atom is -0.373 e. The van der Waals surface area contributed by atoms with Crippen molar-refractivity contribution in [3.8, 4) is 0 Å². The first-order chi connectivity index (χ1) is 5.70. The molecular weight excluding hydrogens is 160 g/mol. The molecule has 0 rings (SSSR count). The van der Waals surface area contributed by atoms with E-state index in [9.17, 15) is 0 Å². The monoisotopic (exact) mass is 178 g/mol. The van der Waals surface area contributed by atoms with Gasteiger partial charge in [-0.15, -0.1) is 0 Å². The maximum absolute atomic E-state index is 5.16. The summed E-state index contributed by atoms with van der Waals surface area (Å²) in [5.41, 5.74) is 0. The van der Waals surface area contributed by atoms with Crippen molar-refractivity contribution < 1.29 is 18.9 Å². The summed E-state index contributed by atoms with van der Waals surface area (Å²) < 4.78 is 20.5. The maximum atomic E-state index is 5.16. The zero-order valence-corrected chi connectivity index (χ0v) is 8.42. The maximum Gasteiger partial charge on any atom is 0.310 e. The standard InChI is InChI=1S/C8H18O4/c1-6-7(9-2)8(10-3,11-4)12-5/h7H,6H2,1-5H3. The summed E-state index contributed by atoms with van der Waals surface area (Å²) >= 11 is 0. The van der Waals surface area contributed by atoms with E-state index in [1.807, 2.05) is 6.92 Å². The second-order valence-electron chi connectivity index (χ2n) is 2.35. The second-order valence-corrected chi connectivity index (χ2v) is 2.35. The average Bonchev–Trinajstić information content (AvgIpc) is 2.14. The van der Waals surface area contributed by atoms with Gasteiger partial charge >= 0.3 is 5.97 Å². The smallest absolute Gasteiger partial charge is 0.310 e.